The van der Waals surface area contributed by atoms with Crippen molar-refractivity contribution in [1.29, 1.82) is 0 Å². The highest BCUT2D eigenvalue weighted by atomic mass is 32.2. The van der Waals surface area contributed by atoms with Gasteiger partial charge in [0, 0.05) is 20.1 Å². The third-order valence-electron chi connectivity index (χ3n) is 5.83. The predicted molar refractivity (Wildman–Crippen MR) is 136 cm³/mol. The molecule has 4 aromatic rings. The third kappa shape index (κ3) is 4.97. The summed E-state index contributed by atoms with van der Waals surface area (Å²) in [6.45, 7) is 3.08. The quantitative estimate of drug-likeness (QED) is 0.310. The SMILES string of the molecule is CCCCn1c(=O)c2ccccc2n2c(SCC(=O)N(C)Cc3ccc(OC)c(OC)c3)nnc12. The monoisotopic (exact) mass is 495 g/mol. The number of aryl methyl sites for hydroxylation is 1. The van der Waals surface area contributed by atoms with Gasteiger partial charge in [-0.05, 0) is 36.2 Å². The maximum atomic E-state index is 13.1. The molecule has 2 aromatic carbocycles. The number of aromatic nitrogens is 4. The summed E-state index contributed by atoms with van der Waals surface area (Å²) in [5.74, 6) is 1.90. The number of nitrogens with zero attached hydrogens (tertiary/aromatic N) is 5. The molecule has 0 unspecified atom stereocenters. The molecule has 0 atom stereocenters. The Bertz CT molecular complexity index is 1410. The molecule has 0 fully saturated rings. The van der Waals surface area contributed by atoms with Crippen molar-refractivity contribution in [2.45, 2.75) is 38.0 Å². The number of carbonyl (C=O) groups excluding carboxylic acids is 1. The number of rotatable bonds is 10. The van der Waals surface area contributed by atoms with Crippen LogP contribution in [0.25, 0.3) is 16.7 Å². The Labute approximate surface area is 207 Å². The van der Waals surface area contributed by atoms with Gasteiger partial charge in [-0.15, -0.1) is 10.2 Å². The predicted octanol–water partition coefficient (Wildman–Crippen LogP) is 3.61. The molecule has 0 saturated carbocycles. The minimum atomic E-state index is -0.0729. The lowest BCUT2D eigenvalue weighted by atomic mass is 10.2. The first-order valence-electron chi connectivity index (χ1n) is 11.4. The van der Waals surface area contributed by atoms with E-state index >= 15 is 0 Å². The summed E-state index contributed by atoms with van der Waals surface area (Å²) in [7, 11) is 4.94. The highest BCUT2D eigenvalue weighted by molar-refractivity contribution is 7.99. The van der Waals surface area contributed by atoms with Crippen LogP contribution in [0.4, 0.5) is 0 Å². The van der Waals surface area contributed by atoms with Crippen molar-refractivity contribution in [3.63, 3.8) is 0 Å². The zero-order valence-electron chi connectivity index (χ0n) is 20.4. The van der Waals surface area contributed by atoms with Crippen molar-refractivity contribution in [3.05, 3.63) is 58.4 Å². The van der Waals surface area contributed by atoms with E-state index in [9.17, 15) is 9.59 Å². The number of amides is 1. The van der Waals surface area contributed by atoms with Crippen molar-refractivity contribution in [3.8, 4) is 11.5 Å². The number of unbranched alkanes of at least 4 members (excludes halogenated alkanes) is 1. The minimum Gasteiger partial charge on any atom is -0.493 e. The lowest BCUT2D eigenvalue weighted by Gasteiger charge is -2.18. The van der Waals surface area contributed by atoms with Crippen LogP contribution in [-0.2, 0) is 17.9 Å². The molecule has 4 rings (SSSR count). The Kier molecular flexibility index (Phi) is 7.60. The Hall–Kier alpha value is -3.53. The zero-order valence-corrected chi connectivity index (χ0v) is 21.2. The van der Waals surface area contributed by atoms with Crippen molar-refractivity contribution in [2.75, 3.05) is 27.0 Å². The van der Waals surface area contributed by atoms with Gasteiger partial charge in [-0.2, -0.15) is 0 Å². The molecule has 2 heterocycles. The van der Waals surface area contributed by atoms with Gasteiger partial charge in [0.15, 0.2) is 16.7 Å². The van der Waals surface area contributed by atoms with Crippen molar-refractivity contribution >= 4 is 34.3 Å². The molecule has 35 heavy (non-hydrogen) atoms. The fourth-order valence-electron chi connectivity index (χ4n) is 3.92. The number of thioether (sulfide) groups is 1. The lowest BCUT2D eigenvalue weighted by Crippen LogP contribution is -2.28. The highest BCUT2D eigenvalue weighted by Gasteiger charge is 2.18. The van der Waals surface area contributed by atoms with E-state index in [-0.39, 0.29) is 17.2 Å². The van der Waals surface area contributed by atoms with E-state index in [1.54, 1.807) is 30.7 Å². The van der Waals surface area contributed by atoms with Crippen LogP contribution in [0.5, 0.6) is 11.5 Å². The molecule has 1 amide bonds. The van der Waals surface area contributed by atoms with Gasteiger partial charge in [0.1, 0.15) is 0 Å². The van der Waals surface area contributed by atoms with E-state index in [4.69, 9.17) is 9.47 Å². The smallest absolute Gasteiger partial charge is 0.262 e. The van der Waals surface area contributed by atoms with Gasteiger partial charge in [-0.25, -0.2) is 0 Å². The Balaban J connectivity index is 1.56. The van der Waals surface area contributed by atoms with E-state index < -0.39 is 0 Å². The lowest BCUT2D eigenvalue weighted by molar-refractivity contribution is -0.127. The molecule has 0 aliphatic heterocycles. The molecule has 9 nitrogen and oxygen atoms in total. The summed E-state index contributed by atoms with van der Waals surface area (Å²) >= 11 is 1.31. The van der Waals surface area contributed by atoms with Gasteiger partial charge < -0.3 is 14.4 Å². The van der Waals surface area contributed by atoms with E-state index in [1.165, 1.54) is 11.8 Å². The molecule has 0 N–H and O–H groups in total. The largest absolute Gasteiger partial charge is 0.493 e. The molecule has 0 aliphatic carbocycles. The van der Waals surface area contributed by atoms with Gasteiger partial charge in [-0.1, -0.05) is 43.3 Å². The second-order valence-electron chi connectivity index (χ2n) is 8.17. The fourth-order valence-corrected chi connectivity index (χ4v) is 4.80. The Morgan fingerprint density at radius 3 is 2.60 bits per heavy atom. The van der Waals surface area contributed by atoms with Crippen LogP contribution < -0.4 is 15.0 Å². The minimum absolute atomic E-state index is 0.0508. The van der Waals surface area contributed by atoms with Gasteiger partial charge >= 0.3 is 0 Å². The van der Waals surface area contributed by atoms with Crippen molar-refractivity contribution in [2.24, 2.45) is 0 Å². The number of carbonyl (C=O) groups is 1. The Morgan fingerprint density at radius 2 is 1.86 bits per heavy atom. The molecule has 2 aromatic heterocycles. The number of hydrogen-bond donors (Lipinski definition) is 0. The van der Waals surface area contributed by atoms with Crippen LogP contribution >= 0.6 is 11.8 Å². The number of hydrogen-bond acceptors (Lipinski definition) is 7. The van der Waals surface area contributed by atoms with E-state index in [0.717, 1.165) is 23.9 Å². The maximum absolute atomic E-state index is 13.1. The third-order valence-corrected chi connectivity index (χ3v) is 6.75. The van der Waals surface area contributed by atoms with Gasteiger partial charge in [0.2, 0.25) is 11.7 Å². The van der Waals surface area contributed by atoms with Crippen LogP contribution in [0.2, 0.25) is 0 Å². The summed E-state index contributed by atoms with van der Waals surface area (Å²) in [5, 5.41) is 9.82. The summed E-state index contributed by atoms with van der Waals surface area (Å²) in [4.78, 5) is 27.6. The second kappa shape index (κ2) is 10.8. The normalized spacial score (nSPS) is 11.2. The molecule has 0 bridgehead atoms. The van der Waals surface area contributed by atoms with Gasteiger partial charge in [0.05, 0.1) is 30.9 Å². The molecular formula is C25H29N5O4S. The standard InChI is InChI=1S/C25H29N5O4S/c1-5-6-13-29-23(32)18-9-7-8-10-19(18)30-24(29)26-27-25(30)35-16-22(31)28(2)15-17-11-12-20(33-3)21(14-17)34-4/h7-12,14H,5-6,13,15-16H2,1-4H3. The fraction of sp³-hybridized carbons (Fsp3) is 0.360. The molecule has 0 aliphatic rings. The van der Waals surface area contributed by atoms with E-state index in [0.29, 0.717) is 40.9 Å². The number of fused-ring (bicyclic) bond motifs is 3. The van der Waals surface area contributed by atoms with Crippen LogP contribution in [0, 0.1) is 0 Å². The summed E-state index contributed by atoms with van der Waals surface area (Å²) in [5.41, 5.74) is 1.59. The molecule has 0 radical (unpaired) electrons. The van der Waals surface area contributed by atoms with Gasteiger partial charge in [0.25, 0.3) is 5.56 Å². The van der Waals surface area contributed by atoms with Crippen molar-refractivity contribution < 1.29 is 14.3 Å². The topological polar surface area (TPSA) is 91.0 Å². The van der Waals surface area contributed by atoms with Crippen LogP contribution in [-0.4, -0.2) is 57.0 Å². The van der Waals surface area contributed by atoms with E-state index in [2.05, 4.69) is 17.1 Å². The summed E-state index contributed by atoms with van der Waals surface area (Å²) < 4.78 is 14.2. The maximum Gasteiger partial charge on any atom is 0.262 e. The molecule has 184 valence electrons. The number of para-hydroxylation sites is 1. The van der Waals surface area contributed by atoms with Crippen LogP contribution in [0.3, 0.4) is 0 Å². The first-order valence-corrected chi connectivity index (χ1v) is 12.4. The number of methoxy groups -OCH3 is 2. The second-order valence-corrected chi connectivity index (χ2v) is 9.12. The molecular weight excluding hydrogens is 466 g/mol. The zero-order chi connectivity index (χ0) is 24.9. The van der Waals surface area contributed by atoms with Crippen LogP contribution in [0.15, 0.2) is 52.4 Å². The average Bonchev–Trinajstić information content (AvgIpc) is 3.31. The molecule has 10 heteroatoms. The highest BCUT2D eigenvalue weighted by Crippen LogP contribution is 2.28. The molecule has 0 saturated heterocycles. The van der Waals surface area contributed by atoms with Crippen molar-refractivity contribution in [1.82, 2.24) is 24.1 Å². The summed E-state index contributed by atoms with van der Waals surface area (Å²) in [6.07, 6.45) is 1.82. The molecule has 0 spiro atoms. The van der Waals surface area contributed by atoms with E-state index in [1.807, 2.05) is 46.9 Å². The number of benzene rings is 2. The summed E-state index contributed by atoms with van der Waals surface area (Å²) in [6, 6.07) is 13.0. The van der Waals surface area contributed by atoms with Crippen LogP contribution in [0.1, 0.15) is 25.3 Å². The number of ether oxygens (including phenoxy) is 2. The van der Waals surface area contributed by atoms with Gasteiger partial charge in [-0.3, -0.25) is 18.6 Å². The first kappa shape index (κ1) is 24.6. The first-order chi connectivity index (χ1) is 17.0. The average molecular weight is 496 g/mol. The Morgan fingerprint density at radius 1 is 1.09 bits per heavy atom.